The van der Waals surface area contributed by atoms with Crippen LogP contribution in [0.3, 0.4) is 0 Å². The van der Waals surface area contributed by atoms with Crippen molar-refractivity contribution in [3.05, 3.63) is 29.8 Å². The molecule has 0 N–H and O–H groups in total. The van der Waals surface area contributed by atoms with Gasteiger partial charge in [-0.25, -0.2) is 0 Å². The van der Waals surface area contributed by atoms with Crippen LogP contribution >= 0.6 is 0 Å². The second-order valence-electron chi connectivity index (χ2n) is 6.27. The molecule has 1 aromatic carbocycles. The molecule has 0 aliphatic heterocycles. The zero-order chi connectivity index (χ0) is 15.6. The fourth-order valence-corrected chi connectivity index (χ4v) is 19.2. The third-order valence-electron chi connectivity index (χ3n) is 4.64. The van der Waals surface area contributed by atoms with E-state index in [4.69, 9.17) is 0 Å². The predicted molar refractivity (Wildman–Crippen MR) is 95.8 cm³/mol. The van der Waals surface area contributed by atoms with Crippen LogP contribution in [0.4, 0.5) is 0 Å². The maximum atomic E-state index is 10.8. The van der Waals surface area contributed by atoms with Crippen molar-refractivity contribution in [2.45, 2.75) is 72.6 Å². The first-order valence-corrected chi connectivity index (χ1v) is 16.2. The van der Waals surface area contributed by atoms with Crippen molar-refractivity contribution in [1.82, 2.24) is 0 Å². The van der Waals surface area contributed by atoms with E-state index >= 15 is 0 Å². The van der Waals surface area contributed by atoms with Crippen LogP contribution in [0.15, 0.2) is 24.3 Å². The van der Waals surface area contributed by atoms with E-state index in [0.29, 0.717) is 5.56 Å². The van der Waals surface area contributed by atoms with Gasteiger partial charge < -0.3 is 0 Å². The number of benzene rings is 1. The molecule has 0 aliphatic carbocycles. The first-order valence-electron chi connectivity index (χ1n) is 8.71. The van der Waals surface area contributed by atoms with E-state index in [-0.39, 0.29) is 0 Å². The Balaban J connectivity index is 3.05. The summed E-state index contributed by atoms with van der Waals surface area (Å²) in [5.74, 6) is 0. The van der Waals surface area contributed by atoms with Crippen LogP contribution < -0.4 is 3.58 Å². The zero-order valence-electron chi connectivity index (χ0n) is 14.1. The molecule has 0 amide bonds. The van der Waals surface area contributed by atoms with Crippen LogP contribution in [-0.4, -0.2) is 24.7 Å². The zero-order valence-corrected chi connectivity index (χ0v) is 16.9. The number of rotatable bonds is 11. The summed E-state index contributed by atoms with van der Waals surface area (Å²) in [5, 5.41) is 0. The van der Waals surface area contributed by atoms with Gasteiger partial charge >= 0.3 is 135 Å². The summed E-state index contributed by atoms with van der Waals surface area (Å²) in [6, 6.07) is 8.49. The SMILES string of the molecule is CCC[CH2][Sn]([CH2]CCC)([CH2]CCC)[c]1ccc([C]=O)cc1. The summed E-state index contributed by atoms with van der Waals surface area (Å²) in [4.78, 5) is 10.8. The Hall–Kier alpha value is -0.311. The molecular formula is C19H31OSn. The molecule has 117 valence electrons. The average molecular weight is 394 g/mol. The van der Waals surface area contributed by atoms with Crippen LogP contribution in [0, 0.1) is 0 Å². The number of carbonyl (C=O) groups excluding carboxylic acids is 1. The molecule has 0 fully saturated rings. The van der Waals surface area contributed by atoms with Gasteiger partial charge in [0, 0.05) is 0 Å². The van der Waals surface area contributed by atoms with E-state index in [9.17, 15) is 4.79 Å². The summed E-state index contributed by atoms with van der Waals surface area (Å²) in [6.07, 6.45) is 10.1. The van der Waals surface area contributed by atoms with Crippen LogP contribution in [0.5, 0.6) is 0 Å². The van der Waals surface area contributed by atoms with E-state index in [1.54, 1.807) is 3.58 Å². The molecule has 0 atom stereocenters. The Morgan fingerprint density at radius 2 is 1.24 bits per heavy atom. The quantitative estimate of drug-likeness (QED) is 0.472. The minimum atomic E-state index is -2.28. The molecule has 0 heterocycles. The van der Waals surface area contributed by atoms with Gasteiger partial charge in [0.15, 0.2) is 0 Å². The fourth-order valence-electron chi connectivity index (χ4n) is 3.25. The van der Waals surface area contributed by atoms with E-state index in [0.717, 1.165) is 0 Å². The molecule has 1 nitrogen and oxygen atoms in total. The van der Waals surface area contributed by atoms with Gasteiger partial charge in [0.25, 0.3) is 0 Å². The van der Waals surface area contributed by atoms with Crippen LogP contribution in [0.1, 0.15) is 64.9 Å². The Morgan fingerprint density at radius 3 is 1.57 bits per heavy atom. The molecule has 0 saturated carbocycles. The first kappa shape index (κ1) is 18.7. The van der Waals surface area contributed by atoms with Gasteiger partial charge in [-0.15, -0.1) is 0 Å². The van der Waals surface area contributed by atoms with Gasteiger partial charge in [-0.3, -0.25) is 0 Å². The fraction of sp³-hybridized carbons (Fsp3) is 0.632. The molecular weight excluding hydrogens is 363 g/mol. The molecule has 0 saturated heterocycles. The van der Waals surface area contributed by atoms with E-state index in [1.807, 2.05) is 18.4 Å². The van der Waals surface area contributed by atoms with Crippen molar-refractivity contribution in [2.75, 3.05) is 0 Å². The van der Waals surface area contributed by atoms with E-state index in [1.165, 1.54) is 51.8 Å². The second kappa shape index (κ2) is 10.4. The van der Waals surface area contributed by atoms with Crippen LogP contribution in [0.25, 0.3) is 0 Å². The molecule has 1 radical (unpaired) electrons. The topological polar surface area (TPSA) is 17.1 Å². The van der Waals surface area contributed by atoms with Crippen molar-refractivity contribution in [3.8, 4) is 0 Å². The second-order valence-corrected chi connectivity index (χ2v) is 19.5. The van der Waals surface area contributed by atoms with Crippen LogP contribution in [-0.2, 0) is 4.79 Å². The first-order chi connectivity index (χ1) is 10.2. The minimum absolute atomic E-state index is 0.695. The van der Waals surface area contributed by atoms with E-state index in [2.05, 4.69) is 32.9 Å². The number of hydrogen-bond acceptors (Lipinski definition) is 1. The normalized spacial score (nSPS) is 11.6. The molecule has 0 bridgehead atoms. The summed E-state index contributed by atoms with van der Waals surface area (Å²) in [5.41, 5.74) is 0.695. The van der Waals surface area contributed by atoms with Crippen molar-refractivity contribution in [2.24, 2.45) is 0 Å². The van der Waals surface area contributed by atoms with Crippen molar-refractivity contribution < 1.29 is 4.79 Å². The Bertz CT molecular complexity index is 375. The van der Waals surface area contributed by atoms with Crippen LogP contribution in [0.2, 0.25) is 13.3 Å². The summed E-state index contributed by atoms with van der Waals surface area (Å²) >= 11 is -2.28. The molecule has 0 aromatic heterocycles. The number of unbranched alkanes of at least 4 members (excludes halogenated alkanes) is 3. The third kappa shape index (κ3) is 5.77. The van der Waals surface area contributed by atoms with Gasteiger partial charge in [0.1, 0.15) is 0 Å². The monoisotopic (exact) mass is 395 g/mol. The van der Waals surface area contributed by atoms with Crippen molar-refractivity contribution in [3.63, 3.8) is 0 Å². The summed E-state index contributed by atoms with van der Waals surface area (Å²) in [6.45, 7) is 6.92. The van der Waals surface area contributed by atoms with Gasteiger partial charge in [-0.05, 0) is 0 Å². The molecule has 0 aliphatic rings. The van der Waals surface area contributed by atoms with Gasteiger partial charge in [0.05, 0.1) is 0 Å². The molecule has 21 heavy (non-hydrogen) atoms. The standard InChI is InChI=1S/C7H4O.3C4H9.Sn/c8-6-7-4-2-1-3-5-7;3*1-3-4-2;/h2-5H;3*1,3-4H2,2H3;. The molecule has 2 heteroatoms. The number of hydrogen-bond donors (Lipinski definition) is 0. The molecule has 0 spiro atoms. The molecule has 1 rings (SSSR count). The summed E-state index contributed by atoms with van der Waals surface area (Å²) in [7, 11) is 0. The third-order valence-corrected chi connectivity index (χ3v) is 20.3. The molecule has 1 aromatic rings. The van der Waals surface area contributed by atoms with Crippen molar-refractivity contribution in [1.29, 1.82) is 0 Å². The average Bonchev–Trinajstić information content (AvgIpc) is 2.55. The van der Waals surface area contributed by atoms with E-state index < -0.39 is 18.4 Å². The van der Waals surface area contributed by atoms with Gasteiger partial charge in [-0.2, -0.15) is 0 Å². The molecule has 0 unspecified atom stereocenters. The Morgan fingerprint density at radius 1 is 0.810 bits per heavy atom. The van der Waals surface area contributed by atoms with Gasteiger partial charge in [-0.1, -0.05) is 0 Å². The van der Waals surface area contributed by atoms with Crippen molar-refractivity contribution >= 4 is 28.2 Å². The predicted octanol–water partition coefficient (Wildman–Crippen LogP) is 5.20. The Kier molecular flexibility index (Phi) is 9.30. The van der Waals surface area contributed by atoms with Gasteiger partial charge in [0.2, 0.25) is 0 Å². The Labute approximate surface area is 135 Å². The maximum absolute atomic E-state index is 10.8. The summed E-state index contributed by atoms with van der Waals surface area (Å²) < 4.78 is 6.08.